The largest absolute Gasteiger partial charge is 0.376 e. The van der Waals surface area contributed by atoms with Crippen LogP contribution >= 0.6 is 0 Å². The highest BCUT2D eigenvalue weighted by Gasteiger charge is 2.30. The van der Waals surface area contributed by atoms with E-state index < -0.39 is 10.0 Å². The van der Waals surface area contributed by atoms with Crippen LogP contribution in [0.5, 0.6) is 0 Å². The molecule has 160 valence electrons. The molecule has 2 saturated heterocycles. The Labute approximate surface area is 172 Å². The molecule has 0 radical (unpaired) electrons. The molecule has 1 aromatic carbocycles. The molecular formula is C20H29N3O5S. The third-order valence-corrected chi connectivity index (χ3v) is 7.41. The second-order valence-corrected chi connectivity index (χ2v) is 9.71. The number of benzene rings is 1. The fraction of sp³-hybridized carbons (Fsp3) is 0.600. The molecule has 0 aliphatic carbocycles. The first-order valence-electron chi connectivity index (χ1n) is 10.2. The van der Waals surface area contributed by atoms with Gasteiger partial charge in [0.1, 0.15) is 0 Å². The average molecular weight is 424 g/mol. The maximum Gasteiger partial charge on any atom is 0.253 e. The monoisotopic (exact) mass is 423 g/mol. The number of sulfonamides is 1. The Hall–Kier alpha value is -1.97. The van der Waals surface area contributed by atoms with Crippen LogP contribution < -0.4 is 10.6 Å². The summed E-state index contributed by atoms with van der Waals surface area (Å²) in [6.45, 7) is 3.49. The third-order valence-electron chi connectivity index (χ3n) is 5.53. The number of carbonyl (C=O) groups excluding carboxylic acids is 2. The number of hydrogen-bond acceptors (Lipinski definition) is 5. The Morgan fingerprint density at radius 2 is 1.90 bits per heavy atom. The van der Waals surface area contributed by atoms with Gasteiger partial charge >= 0.3 is 0 Å². The Morgan fingerprint density at radius 3 is 2.55 bits per heavy atom. The maximum atomic E-state index is 12.7. The first-order valence-corrected chi connectivity index (χ1v) is 11.8. The molecule has 0 aromatic heterocycles. The molecule has 8 nitrogen and oxygen atoms in total. The highest BCUT2D eigenvalue weighted by molar-refractivity contribution is 7.89. The standard InChI is InChI=1S/C20H29N3O5S/c1-2-29(26,27)23-11-9-15(10-12-23)19(24)22-18-8-4-3-7-17(18)20(25)21-14-16-6-5-13-28-16/h3-4,7-8,15-16H,2,5-6,9-14H2,1H3,(H,21,25)(H,22,24)/t16-/m0/s1. The first kappa shape index (κ1) is 21.7. The van der Waals surface area contributed by atoms with Crippen molar-refractivity contribution in [2.24, 2.45) is 5.92 Å². The molecular weight excluding hydrogens is 394 g/mol. The second kappa shape index (κ2) is 9.69. The summed E-state index contributed by atoms with van der Waals surface area (Å²) in [5.41, 5.74) is 0.871. The number of piperidine rings is 1. The van der Waals surface area contributed by atoms with E-state index >= 15 is 0 Å². The van der Waals surface area contributed by atoms with Crippen molar-refractivity contribution in [1.82, 2.24) is 9.62 Å². The number of nitrogens with one attached hydrogen (secondary N) is 2. The number of amides is 2. The Morgan fingerprint density at radius 1 is 1.17 bits per heavy atom. The Kier molecular flexibility index (Phi) is 7.26. The summed E-state index contributed by atoms with van der Waals surface area (Å²) in [5, 5.41) is 5.73. The van der Waals surface area contributed by atoms with Gasteiger partial charge in [0, 0.05) is 32.2 Å². The van der Waals surface area contributed by atoms with Crippen molar-refractivity contribution in [1.29, 1.82) is 0 Å². The zero-order valence-corrected chi connectivity index (χ0v) is 17.5. The van der Waals surface area contributed by atoms with Crippen molar-refractivity contribution in [3.8, 4) is 0 Å². The summed E-state index contributed by atoms with van der Waals surface area (Å²) in [6.07, 6.45) is 2.93. The molecule has 1 aromatic rings. The molecule has 0 bridgehead atoms. The van der Waals surface area contributed by atoms with Gasteiger partial charge in [-0.15, -0.1) is 0 Å². The van der Waals surface area contributed by atoms with Gasteiger partial charge < -0.3 is 15.4 Å². The van der Waals surface area contributed by atoms with Crippen LogP contribution in [0.15, 0.2) is 24.3 Å². The van der Waals surface area contributed by atoms with Crippen molar-refractivity contribution in [3.63, 3.8) is 0 Å². The van der Waals surface area contributed by atoms with E-state index in [0.717, 1.165) is 19.4 Å². The third kappa shape index (κ3) is 5.55. The molecule has 2 heterocycles. The summed E-state index contributed by atoms with van der Waals surface area (Å²) >= 11 is 0. The van der Waals surface area contributed by atoms with Gasteiger partial charge in [-0.05, 0) is 44.7 Å². The van der Waals surface area contributed by atoms with Crippen molar-refractivity contribution in [2.45, 2.75) is 38.7 Å². The summed E-state index contributed by atoms with van der Waals surface area (Å²) < 4.78 is 30.9. The Balaban J connectivity index is 1.57. The second-order valence-electron chi connectivity index (χ2n) is 7.45. The van der Waals surface area contributed by atoms with Crippen LogP contribution in [0.1, 0.15) is 43.0 Å². The van der Waals surface area contributed by atoms with Crippen molar-refractivity contribution in [2.75, 3.05) is 37.3 Å². The Bertz CT molecular complexity index is 828. The smallest absolute Gasteiger partial charge is 0.253 e. The van der Waals surface area contributed by atoms with E-state index in [4.69, 9.17) is 4.74 Å². The molecule has 1 atom stereocenters. The molecule has 0 saturated carbocycles. The minimum Gasteiger partial charge on any atom is -0.376 e. The summed E-state index contributed by atoms with van der Waals surface area (Å²) in [6, 6.07) is 6.90. The number of rotatable bonds is 7. The number of carbonyl (C=O) groups is 2. The predicted octanol–water partition coefficient (Wildman–Crippen LogP) is 1.60. The van der Waals surface area contributed by atoms with E-state index in [1.165, 1.54) is 4.31 Å². The zero-order valence-electron chi connectivity index (χ0n) is 16.7. The maximum absolute atomic E-state index is 12.7. The fourth-order valence-corrected chi connectivity index (χ4v) is 4.84. The highest BCUT2D eigenvalue weighted by Crippen LogP contribution is 2.23. The first-order chi connectivity index (χ1) is 13.9. The molecule has 2 aliphatic rings. The molecule has 9 heteroatoms. The van der Waals surface area contributed by atoms with Gasteiger partial charge in [0.25, 0.3) is 5.91 Å². The van der Waals surface area contributed by atoms with E-state index in [1.807, 2.05) is 0 Å². The molecule has 2 amide bonds. The van der Waals surface area contributed by atoms with Crippen molar-refractivity contribution < 1.29 is 22.7 Å². The van der Waals surface area contributed by atoms with E-state index in [0.29, 0.717) is 43.7 Å². The van der Waals surface area contributed by atoms with Gasteiger partial charge in [-0.1, -0.05) is 12.1 Å². The van der Waals surface area contributed by atoms with Crippen molar-refractivity contribution in [3.05, 3.63) is 29.8 Å². The van der Waals surface area contributed by atoms with Gasteiger partial charge in [-0.2, -0.15) is 0 Å². The van der Waals surface area contributed by atoms with E-state index in [2.05, 4.69) is 10.6 Å². The van der Waals surface area contributed by atoms with Crippen LogP contribution in [0.25, 0.3) is 0 Å². The number of anilines is 1. The van der Waals surface area contributed by atoms with Gasteiger partial charge in [-0.3, -0.25) is 9.59 Å². The van der Waals surface area contributed by atoms with E-state index in [9.17, 15) is 18.0 Å². The lowest BCUT2D eigenvalue weighted by atomic mass is 9.97. The van der Waals surface area contributed by atoms with Gasteiger partial charge in [0.05, 0.1) is 23.1 Å². The van der Waals surface area contributed by atoms with Gasteiger partial charge in [-0.25, -0.2) is 12.7 Å². The highest BCUT2D eigenvalue weighted by atomic mass is 32.2. The number of para-hydroxylation sites is 1. The van der Waals surface area contributed by atoms with Crippen LogP contribution in [0, 0.1) is 5.92 Å². The number of nitrogens with zero attached hydrogens (tertiary/aromatic N) is 1. The molecule has 3 rings (SSSR count). The summed E-state index contributed by atoms with van der Waals surface area (Å²) in [4.78, 5) is 25.3. The van der Waals surface area contributed by atoms with Crippen LogP contribution in [0.4, 0.5) is 5.69 Å². The molecule has 0 spiro atoms. The molecule has 2 aliphatic heterocycles. The van der Waals surface area contributed by atoms with Crippen LogP contribution in [0.3, 0.4) is 0 Å². The van der Waals surface area contributed by atoms with E-state index in [1.54, 1.807) is 31.2 Å². The molecule has 2 N–H and O–H groups in total. The van der Waals surface area contributed by atoms with Gasteiger partial charge in [0.2, 0.25) is 15.9 Å². The minimum atomic E-state index is -3.22. The fourth-order valence-electron chi connectivity index (χ4n) is 3.71. The minimum absolute atomic E-state index is 0.0466. The summed E-state index contributed by atoms with van der Waals surface area (Å²) in [7, 11) is -3.22. The van der Waals surface area contributed by atoms with Gasteiger partial charge in [0.15, 0.2) is 0 Å². The molecule has 0 unspecified atom stereocenters. The SMILES string of the molecule is CCS(=O)(=O)N1CCC(C(=O)Nc2ccccc2C(=O)NC[C@@H]2CCCO2)CC1. The lowest BCUT2D eigenvalue weighted by molar-refractivity contribution is -0.120. The topological polar surface area (TPSA) is 105 Å². The van der Waals surface area contributed by atoms with Crippen molar-refractivity contribution >= 4 is 27.5 Å². The van der Waals surface area contributed by atoms with Crippen LogP contribution in [-0.2, 0) is 19.6 Å². The summed E-state index contributed by atoms with van der Waals surface area (Å²) in [5.74, 6) is -0.641. The zero-order chi connectivity index (χ0) is 20.9. The quantitative estimate of drug-likeness (QED) is 0.693. The van der Waals surface area contributed by atoms with E-state index in [-0.39, 0.29) is 29.6 Å². The lowest BCUT2D eigenvalue weighted by Crippen LogP contribution is -2.42. The number of hydrogen-bond donors (Lipinski definition) is 2. The lowest BCUT2D eigenvalue weighted by Gasteiger charge is -2.30. The average Bonchev–Trinajstić information content (AvgIpc) is 3.26. The van der Waals surface area contributed by atoms with Crippen LogP contribution in [-0.4, -0.2) is 62.6 Å². The van der Waals surface area contributed by atoms with Crippen LogP contribution in [0.2, 0.25) is 0 Å². The molecule has 29 heavy (non-hydrogen) atoms. The predicted molar refractivity (Wildman–Crippen MR) is 110 cm³/mol. The normalized spacial score (nSPS) is 21.1. The number of ether oxygens (including phenoxy) is 1. The molecule has 2 fully saturated rings.